The van der Waals surface area contributed by atoms with Crippen LogP contribution in [0.4, 0.5) is 0 Å². The van der Waals surface area contributed by atoms with Crippen LogP contribution in [0.2, 0.25) is 0 Å². The number of nitrogens with one attached hydrogen (secondary N) is 1. The molecule has 0 fully saturated rings. The number of hydrogen-bond donors (Lipinski definition) is 4. The topological polar surface area (TPSA) is 107 Å². The van der Waals surface area contributed by atoms with Crippen LogP contribution in [0.1, 0.15) is 13.3 Å². The van der Waals surface area contributed by atoms with Crippen LogP contribution >= 0.6 is 0 Å². The quantitative estimate of drug-likeness (QED) is 0.421. The second-order valence-electron chi connectivity index (χ2n) is 3.51. The maximum atomic E-state index is 11.2. The molecule has 0 aliphatic rings. The van der Waals surface area contributed by atoms with Crippen molar-refractivity contribution in [3.8, 4) is 0 Å². The molecular formula is C9H15NO5. The van der Waals surface area contributed by atoms with Gasteiger partial charge < -0.3 is 20.6 Å². The van der Waals surface area contributed by atoms with Crippen molar-refractivity contribution in [2.45, 2.75) is 18.9 Å². The highest BCUT2D eigenvalue weighted by Gasteiger charge is 2.25. The Labute approximate surface area is 87.2 Å². The van der Waals surface area contributed by atoms with E-state index in [1.54, 1.807) is 0 Å². The summed E-state index contributed by atoms with van der Waals surface area (Å²) in [5.74, 6) is -1.85. The third-order valence-corrected chi connectivity index (χ3v) is 1.82. The molecular weight excluding hydrogens is 202 g/mol. The summed E-state index contributed by atoms with van der Waals surface area (Å²) >= 11 is 0. The van der Waals surface area contributed by atoms with E-state index in [1.165, 1.54) is 6.92 Å². The van der Waals surface area contributed by atoms with Crippen molar-refractivity contribution in [2.24, 2.45) is 0 Å². The summed E-state index contributed by atoms with van der Waals surface area (Å²) < 4.78 is 0. The fraction of sp³-hybridized carbons (Fsp3) is 0.556. The summed E-state index contributed by atoms with van der Waals surface area (Å²) in [6.07, 6.45) is -0.370. The standard InChI is InChI=1S/C9H15NO5/c1-6(8(14)15)3-7(13)10-9(2,4-11)5-12/h11-12H,1,3-5H2,2H3,(H,10,13)(H,14,15). The predicted octanol–water partition coefficient (Wildman–Crippen LogP) is -1.12. The highest BCUT2D eigenvalue weighted by Crippen LogP contribution is 2.04. The van der Waals surface area contributed by atoms with Crippen LogP contribution in [-0.4, -0.2) is 45.9 Å². The molecule has 0 saturated carbocycles. The van der Waals surface area contributed by atoms with E-state index >= 15 is 0 Å². The van der Waals surface area contributed by atoms with Crippen LogP contribution < -0.4 is 5.32 Å². The highest BCUT2D eigenvalue weighted by atomic mass is 16.4. The number of amides is 1. The number of aliphatic hydroxyl groups excluding tert-OH is 2. The molecule has 0 spiro atoms. The minimum Gasteiger partial charge on any atom is -0.478 e. The second kappa shape index (κ2) is 5.47. The number of carboxylic acid groups (broad SMARTS) is 1. The van der Waals surface area contributed by atoms with Gasteiger partial charge in [-0.15, -0.1) is 0 Å². The molecule has 0 saturated heterocycles. The number of carbonyl (C=O) groups excluding carboxylic acids is 1. The smallest absolute Gasteiger partial charge is 0.331 e. The molecule has 0 atom stereocenters. The van der Waals surface area contributed by atoms with E-state index in [9.17, 15) is 9.59 Å². The maximum Gasteiger partial charge on any atom is 0.331 e. The Hall–Kier alpha value is -1.40. The summed E-state index contributed by atoms with van der Waals surface area (Å²) in [6, 6.07) is 0. The molecule has 0 aliphatic heterocycles. The van der Waals surface area contributed by atoms with Crippen molar-refractivity contribution < 1.29 is 24.9 Å². The number of aliphatic carboxylic acids is 1. The molecule has 0 aliphatic carbocycles. The first kappa shape index (κ1) is 13.6. The number of rotatable bonds is 6. The van der Waals surface area contributed by atoms with Gasteiger partial charge in [0.05, 0.1) is 25.2 Å². The fourth-order valence-corrected chi connectivity index (χ4v) is 0.779. The van der Waals surface area contributed by atoms with Crippen LogP contribution in [0, 0.1) is 0 Å². The average Bonchev–Trinajstić information content (AvgIpc) is 2.17. The van der Waals surface area contributed by atoms with Crippen LogP contribution in [0.3, 0.4) is 0 Å². The zero-order valence-corrected chi connectivity index (χ0v) is 8.49. The first-order valence-corrected chi connectivity index (χ1v) is 4.28. The monoisotopic (exact) mass is 217 g/mol. The lowest BCUT2D eigenvalue weighted by Crippen LogP contribution is -2.51. The summed E-state index contributed by atoms with van der Waals surface area (Å²) in [5, 5.41) is 28.5. The molecule has 6 heteroatoms. The van der Waals surface area contributed by atoms with Gasteiger partial charge >= 0.3 is 5.97 Å². The average molecular weight is 217 g/mol. The third-order valence-electron chi connectivity index (χ3n) is 1.82. The van der Waals surface area contributed by atoms with E-state index in [4.69, 9.17) is 15.3 Å². The molecule has 0 bridgehead atoms. The maximum absolute atomic E-state index is 11.2. The van der Waals surface area contributed by atoms with Gasteiger partial charge in [0, 0.05) is 5.57 Å². The lowest BCUT2D eigenvalue weighted by molar-refractivity contribution is -0.134. The Balaban J connectivity index is 4.26. The highest BCUT2D eigenvalue weighted by molar-refractivity contribution is 5.93. The van der Waals surface area contributed by atoms with Gasteiger partial charge in [-0.2, -0.15) is 0 Å². The molecule has 86 valence electrons. The van der Waals surface area contributed by atoms with E-state index in [-0.39, 0.29) is 12.0 Å². The molecule has 0 aromatic heterocycles. The molecule has 0 rings (SSSR count). The van der Waals surface area contributed by atoms with Gasteiger partial charge in [0.2, 0.25) is 5.91 Å². The van der Waals surface area contributed by atoms with E-state index in [2.05, 4.69) is 11.9 Å². The predicted molar refractivity (Wildman–Crippen MR) is 52.1 cm³/mol. The molecule has 0 radical (unpaired) electrons. The largest absolute Gasteiger partial charge is 0.478 e. The zero-order valence-electron chi connectivity index (χ0n) is 8.49. The van der Waals surface area contributed by atoms with Crippen LogP contribution in [0.25, 0.3) is 0 Å². The number of hydrogen-bond acceptors (Lipinski definition) is 4. The molecule has 15 heavy (non-hydrogen) atoms. The minimum atomic E-state index is -1.25. The Morgan fingerprint density at radius 1 is 1.33 bits per heavy atom. The van der Waals surface area contributed by atoms with Gasteiger partial charge in [-0.3, -0.25) is 4.79 Å². The molecule has 0 unspecified atom stereocenters. The molecule has 0 heterocycles. The Morgan fingerprint density at radius 2 is 1.80 bits per heavy atom. The zero-order chi connectivity index (χ0) is 12.1. The van der Waals surface area contributed by atoms with Crippen molar-refractivity contribution in [3.63, 3.8) is 0 Å². The summed E-state index contributed by atoms with van der Waals surface area (Å²) in [7, 11) is 0. The normalized spacial score (nSPS) is 10.9. The van der Waals surface area contributed by atoms with Crippen molar-refractivity contribution in [1.82, 2.24) is 5.32 Å². The summed E-state index contributed by atoms with van der Waals surface area (Å²) in [4.78, 5) is 21.6. The number of carboxylic acids is 1. The van der Waals surface area contributed by atoms with Crippen molar-refractivity contribution in [1.29, 1.82) is 0 Å². The minimum absolute atomic E-state index is 0.245. The van der Waals surface area contributed by atoms with Gasteiger partial charge in [0.15, 0.2) is 0 Å². The van der Waals surface area contributed by atoms with E-state index < -0.39 is 30.6 Å². The van der Waals surface area contributed by atoms with Crippen LogP contribution in [-0.2, 0) is 9.59 Å². The van der Waals surface area contributed by atoms with E-state index in [0.29, 0.717) is 0 Å². The van der Waals surface area contributed by atoms with E-state index in [0.717, 1.165) is 0 Å². The Bertz CT molecular complexity index is 270. The first-order chi connectivity index (χ1) is 6.84. The van der Waals surface area contributed by atoms with Gasteiger partial charge in [-0.1, -0.05) is 6.58 Å². The Morgan fingerprint density at radius 3 is 2.13 bits per heavy atom. The fourth-order valence-electron chi connectivity index (χ4n) is 0.779. The third kappa shape index (κ3) is 4.57. The second-order valence-corrected chi connectivity index (χ2v) is 3.51. The first-order valence-electron chi connectivity index (χ1n) is 4.28. The molecule has 4 N–H and O–H groups in total. The molecule has 6 nitrogen and oxygen atoms in total. The van der Waals surface area contributed by atoms with Crippen molar-refractivity contribution in [3.05, 3.63) is 12.2 Å². The lowest BCUT2D eigenvalue weighted by atomic mass is 10.0. The van der Waals surface area contributed by atoms with Gasteiger partial charge in [-0.05, 0) is 6.92 Å². The lowest BCUT2D eigenvalue weighted by Gasteiger charge is -2.26. The Kier molecular flexibility index (Phi) is 4.96. The van der Waals surface area contributed by atoms with Gasteiger partial charge in [0.25, 0.3) is 0 Å². The van der Waals surface area contributed by atoms with Gasteiger partial charge in [0.1, 0.15) is 0 Å². The van der Waals surface area contributed by atoms with E-state index in [1.807, 2.05) is 0 Å². The molecule has 1 amide bonds. The molecule has 0 aromatic rings. The van der Waals surface area contributed by atoms with Gasteiger partial charge in [-0.25, -0.2) is 4.79 Å². The summed E-state index contributed by atoms with van der Waals surface area (Å²) in [6.45, 7) is 3.76. The number of carbonyl (C=O) groups is 2. The van der Waals surface area contributed by atoms with Crippen LogP contribution in [0.15, 0.2) is 12.2 Å². The summed E-state index contributed by atoms with van der Waals surface area (Å²) in [5.41, 5.74) is -1.39. The van der Waals surface area contributed by atoms with Crippen LogP contribution in [0.5, 0.6) is 0 Å². The van der Waals surface area contributed by atoms with Crippen molar-refractivity contribution in [2.75, 3.05) is 13.2 Å². The molecule has 0 aromatic carbocycles. The SMILES string of the molecule is C=C(CC(=O)NC(C)(CO)CO)C(=O)O. The number of aliphatic hydroxyl groups is 2. The van der Waals surface area contributed by atoms with Crippen molar-refractivity contribution >= 4 is 11.9 Å².